The second-order valence-corrected chi connectivity index (χ2v) is 4.30. The summed E-state index contributed by atoms with van der Waals surface area (Å²) in [4.78, 5) is 17.6. The Bertz CT molecular complexity index is 400. The molecule has 0 spiro atoms. The summed E-state index contributed by atoms with van der Waals surface area (Å²) < 4.78 is 0. The summed E-state index contributed by atoms with van der Waals surface area (Å²) in [6.45, 7) is 1.80. The number of H-pyrrole nitrogens is 1. The molecule has 1 saturated heterocycles. The van der Waals surface area contributed by atoms with Gasteiger partial charge in [-0.15, -0.1) is 0 Å². The maximum absolute atomic E-state index is 11.2. The molecule has 16 heavy (non-hydrogen) atoms. The summed E-state index contributed by atoms with van der Waals surface area (Å²) in [5.74, 6) is 0.456. The molecule has 5 nitrogen and oxygen atoms in total. The zero-order chi connectivity index (χ0) is 11.4. The number of nitrogens with zero attached hydrogens (tertiary/aromatic N) is 1. The maximum Gasteiger partial charge on any atom is 0.271 e. The first-order chi connectivity index (χ1) is 7.77. The maximum atomic E-state index is 11.2. The average Bonchev–Trinajstić information content (AvgIpc) is 2.32. The third kappa shape index (κ3) is 2.74. The molecule has 0 aromatic carbocycles. The Morgan fingerprint density at radius 3 is 3.19 bits per heavy atom. The summed E-state index contributed by atoms with van der Waals surface area (Å²) in [6, 6.07) is 0.436. The Morgan fingerprint density at radius 1 is 1.56 bits per heavy atom. The first-order valence-corrected chi connectivity index (χ1v) is 5.85. The number of halogens is 1. The third-order valence-electron chi connectivity index (χ3n) is 2.72. The minimum Gasteiger partial charge on any atom is -0.367 e. The standard InChI is InChI=1S/C10H15ClN4O/c11-8-9(14-6-15-10(8)16)13-5-7-3-1-2-4-12-7/h6-7,12H,1-5H2,(H2,13,14,15,16). The van der Waals surface area contributed by atoms with E-state index in [1.165, 1.54) is 19.2 Å². The molecule has 1 aliphatic rings. The summed E-state index contributed by atoms with van der Waals surface area (Å²) in [5, 5.41) is 6.63. The van der Waals surface area contributed by atoms with E-state index in [-0.39, 0.29) is 10.6 Å². The zero-order valence-electron chi connectivity index (χ0n) is 8.92. The number of aromatic nitrogens is 2. The molecule has 1 fully saturated rings. The van der Waals surface area contributed by atoms with Crippen LogP contribution in [0.25, 0.3) is 0 Å². The Kier molecular flexibility index (Phi) is 3.79. The minimum absolute atomic E-state index is 0.123. The van der Waals surface area contributed by atoms with Gasteiger partial charge in [0.1, 0.15) is 5.02 Å². The van der Waals surface area contributed by atoms with E-state index in [0.29, 0.717) is 11.9 Å². The van der Waals surface area contributed by atoms with Gasteiger partial charge in [-0.3, -0.25) is 4.79 Å². The van der Waals surface area contributed by atoms with Crippen molar-refractivity contribution < 1.29 is 0 Å². The first kappa shape index (κ1) is 11.4. The number of nitrogens with one attached hydrogen (secondary N) is 3. The lowest BCUT2D eigenvalue weighted by Crippen LogP contribution is -2.39. The highest BCUT2D eigenvalue weighted by atomic mass is 35.5. The van der Waals surface area contributed by atoms with Crippen LogP contribution in [-0.4, -0.2) is 29.1 Å². The summed E-state index contributed by atoms with van der Waals surface area (Å²) >= 11 is 5.82. The second-order valence-electron chi connectivity index (χ2n) is 3.92. The van der Waals surface area contributed by atoms with Crippen molar-refractivity contribution in [1.82, 2.24) is 15.3 Å². The van der Waals surface area contributed by atoms with Crippen LogP contribution >= 0.6 is 11.6 Å². The van der Waals surface area contributed by atoms with Gasteiger partial charge in [0.2, 0.25) is 0 Å². The Hall–Kier alpha value is -1.07. The van der Waals surface area contributed by atoms with Gasteiger partial charge in [0.15, 0.2) is 5.82 Å². The fourth-order valence-electron chi connectivity index (χ4n) is 1.82. The number of hydrogen-bond acceptors (Lipinski definition) is 4. The van der Waals surface area contributed by atoms with Gasteiger partial charge in [0, 0.05) is 12.6 Å². The largest absolute Gasteiger partial charge is 0.367 e. The number of piperidine rings is 1. The fraction of sp³-hybridized carbons (Fsp3) is 0.600. The highest BCUT2D eigenvalue weighted by molar-refractivity contribution is 6.32. The van der Waals surface area contributed by atoms with Crippen LogP contribution in [0.4, 0.5) is 5.82 Å². The molecule has 3 N–H and O–H groups in total. The van der Waals surface area contributed by atoms with Crippen molar-refractivity contribution in [2.24, 2.45) is 0 Å². The van der Waals surface area contributed by atoms with Crippen molar-refractivity contribution in [2.45, 2.75) is 25.3 Å². The molecular formula is C10H15ClN4O. The molecule has 0 aliphatic carbocycles. The number of aromatic amines is 1. The van der Waals surface area contributed by atoms with Crippen molar-refractivity contribution in [2.75, 3.05) is 18.4 Å². The molecule has 2 rings (SSSR count). The highest BCUT2D eigenvalue weighted by Gasteiger charge is 2.13. The van der Waals surface area contributed by atoms with Gasteiger partial charge in [0.25, 0.3) is 5.56 Å². The van der Waals surface area contributed by atoms with Gasteiger partial charge in [-0.05, 0) is 19.4 Å². The van der Waals surface area contributed by atoms with E-state index >= 15 is 0 Å². The van der Waals surface area contributed by atoms with E-state index in [9.17, 15) is 4.79 Å². The van der Waals surface area contributed by atoms with Crippen LogP contribution < -0.4 is 16.2 Å². The monoisotopic (exact) mass is 242 g/mol. The molecule has 1 unspecified atom stereocenters. The quantitative estimate of drug-likeness (QED) is 0.739. The molecule has 1 aromatic heterocycles. The Labute approximate surface area is 98.6 Å². The lowest BCUT2D eigenvalue weighted by molar-refractivity contribution is 0.414. The molecule has 88 valence electrons. The molecule has 1 atom stereocenters. The van der Waals surface area contributed by atoms with Gasteiger partial charge < -0.3 is 15.6 Å². The van der Waals surface area contributed by atoms with E-state index in [0.717, 1.165) is 19.5 Å². The predicted molar refractivity (Wildman–Crippen MR) is 64.0 cm³/mol. The van der Waals surface area contributed by atoms with Crippen molar-refractivity contribution in [3.05, 3.63) is 21.7 Å². The van der Waals surface area contributed by atoms with Crippen LogP contribution in [0.15, 0.2) is 11.1 Å². The summed E-state index contributed by atoms with van der Waals surface area (Å²) in [6.07, 6.45) is 4.98. The van der Waals surface area contributed by atoms with Gasteiger partial charge >= 0.3 is 0 Å². The normalized spacial score (nSPS) is 20.7. The number of hydrogen-bond donors (Lipinski definition) is 3. The van der Waals surface area contributed by atoms with Crippen LogP contribution in [0.1, 0.15) is 19.3 Å². The average molecular weight is 243 g/mol. The molecule has 1 aliphatic heterocycles. The van der Waals surface area contributed by atoms with Crippen molar-refractivity contribution in [1.29, 1.82) is 0 Å². The molecule has 0 bridgehead atoms. The van der Waals surface area contributed by atoms with Crippen molar-refractivity contribution in [3.63, 3.8) is 0 Å². The number of anilines is 1. The molecule has 0 saturated carbocycles. The second kappa shape index (κ2) is 5.32. The van der Waals surface area contributed by atoms with Gasteiger partial charge in [-0.2, -0.15) is 0 Å². The Morgan fingerprint density at radius 2 is 2.44 bits per heavy atom. The highest BCUT2D eigenvalue weighted by Crippen LogP contribution is 2.13. The van der Waals surface area contributed by atoms with Crippen LogP contribution in [0.2, 0.25) is 5.02 Å². The molecular weight excluding hydrogens is 228 g/mol. The van der Waals surface area contributed by atoms with E-state index < -0.39 is 0 Å². The smallest absolute Gasteiger partial charge is 0.271 e. The zero-order valence-corrected chi connectivity index (χ0v) is 9.68. The van der Waals surface area contributed by atoms with Crippen molar-refractivity contribution >= 4 is 17.4 Å². The Balaban J connectivity index is 1.93. The van der Waals surface area contributed by atoms with Crippen LogP contribution in [0.5, 0.6) is 0 Å². The van der Waals surface area contributed by atoms with Gasteiger partial charge in [-0.1, -0.05) is 18.0 Å². The van der Waals surface area contributed by atoms with E-state index in [1.807, 2.05) is 0 Å². The molecule has 1 aromatic rings. The first-order valence-electron chi connectivity index (χ1n) is 5.48. The number of rotatable bonds is 3. The van der Waals surface area contributed by atoms with Crippen LogP contribution in [0.3, 0.4) is 0 Å². The molecule has 0 amide bonds. The molecule has 0 radical (unpaired) electrons. The summed E-state index contributed by atoms with van der Waals surface area (Å²) in [7, 11) is 0. The lowest BCUT2D eigenvalue weighted by Gasteiger charge is -2.23. The lowest BCUT2D eigenvalue weighted by atomic mass is 10.1. The SMILES string of the molecule is O=c1[nH]cnc(NCC2CCCCN2)c1Cl. The van der Waals surface area contributed by atoms with Gasteiger partial charge in [0.05, 0.1) is 6.33 Å². The van der Waals surface area contributed by atoms with E-state index in [1.54, 1.807) is 0 Å². The molecule has 6 heteroatoms. The van der Waals surface area contributed by atoms with E-state index in [2.05, 4.69) is 20.6 Å². The minimum atomic E-state index is -0.309. The summed E-state index contributed by atoms with van der Waals surface area (Å²) in [5.41, 5.74) is -0.309. The topological polar surface area (TPSA) is 69.8 Å². The van der Waals surface area contributed by atoms with Crippen LogP contribution in [0, 0.1) is 0 Å². The van der Waals surface area contributed by atoms with Gasteiger partial charge in [-0.25, -0.2) is 4.98 Å². The van der Waals surface area contributed by atoms with E-state index in [4.69, 9.17) is 11.6 Å². The van der Waals surface area contributed by atoms with Crippen molar-refractivity contribution in [3.8, 4) is 0 Å². The fourth-order valence-corrected chi connectivity index (χ4v) is 1.99. The predicted octanol–water partition coefficient (Wildman–Crippen LogP) is 0.977. The van der Waals surface area contributed by atoms with Crippen LogP contribution in [-0.2, 0) is 0 Å². The third-order valence-corrected chi connectivity index (χ3v) is 3.08. The molecule has 2 heterocycles.